The van der Waals surface area contributed by atoms with E-state index in [-0.39, 0.29) is 6.10 Å². The van der Waals surface area contributed by atoms with Crippen molar-refractivity contribution >= 4 is 0 Å². The molecule has 2 unspecified atom stereocenters. The summed E-state index contributed by atoms with van der Waals surface area (Å²) in [6, 6.07) is 0.472. The van der Waals surface area contributed by atoms with Crippen LogP contribution >= 0.6 is 0 Å². The summed E-state index contributed by atoms with van der Waals surface area (Å²) in [5.74, 6) is 0. The predicted molar refractivity (Wildman–Crippen MR) is 63.4 cm³/mol. The largest absolute Gasteiger partial charge is 0.372 e. The maximum Gasteiger partial charge on any atom is 0.0991 e. The monoisotopic (exact) mass is 223 g/mol. The molecule has 0 spiro atoms. The minimum absolute atomic E-state index is 0.232. The van der Waals surface area contributed by atoms with E-state index in [2.05, 4.69) is 22.4 Å². The van der Waals surface area contributed by atoms with E-state index in [1.807, 2.05) is 13.2 Å². The van der Waals surface area contributed by atoms with Gasteiger partial charge in [0.25, 0.3) is 0 Å². The molecule has 1 aliphatic heterocycles. The van der Waals surface area contributed by atoms with Gasteiger partial charge in [0, 0.05) is 12.6 Å². The van der Waals surface area contributed by atoms with E-state index in [0.717, 1.165) is 19.4 Å². The van der Waals surface area contributed by atoms with E-state index in [9.17, 15) is 0 Å². The number of likely N-dealkylation sites (N-methyl/N-ethyl adjacent to an activating group) is 1. The first kappa shape index (κ1) is 11.6. The molecule has 2 N–H and O–H groups in total. The maximum atomic E-state index is 5.79. The molecule has 4 heteroatoms. The van der Waals surface area contributed by atoms with Crippen molar-refractivity contribution in [1.82, 2.24) is 15.5 Å². The molecule has 2 atom stereocenters. The topological polar surface area (TPSA) is 49.9 Å². The van der Waals surface area contributed by atoms with Gasteiger partial charge in [-0.15, -0.1) is 0 Å². The average Bonchev–Trinajstić information content (AvgIpc) is 2.78. The molecular weight excluding hydrogens is 202 g/mol. The Kier molecular flexibility index (Phi) is 3.96. The Morgan fingerprint density at radius 3 is 3.19 bits per heavy atom. The lowest BCUT2D eigenvalue weighted by Crippen LogP contribution is -2.24. The maximum absolute atomic E-state index is 5.79. The Balaban J connectivity index is 2.05. The first-order valence-electron chi connectivity index (χ1n) is 6.12. The van der Waals surface area contributed by atoms with Crippen molar-refractivity contribution in [2.45, 2.75) is 44.8 Å². The summed E-state index contributed by atoms with van der Waals surface area (Å²) >= 11 is 0. The van der Waals surface area contributed by atoms with Gasteiger partial charge in [-0.3, -0.25) is 5.10 Å². The van der Waals surface area contributed by atoms with Crippen LogP contribution < -0.4 is 5.32 Å². The van der Waals surface area contributed by atoms with Gasteiger partial charge in [0.05, 0.1) is 18.0 Å². The third-order valence-electron chi connectivity index (χ3n) is 3.27. The van der Waals surface area contributed by atoms with Crippen molar-refractivity contribution in [2.24, 2.45) is 0 Å². The minimum atomic E-state index is 0.232. The SMILES string of the molecule is CNC(C)Cc1cn[nH]c1C1CCCCO1. The van der Waals surface area contributed by atoms with Crippen LogP contribution in [-0.4, -0.2) is 29.9 Å². The lowest BCUT2D eigenvalue weighted by Gasteiger charge is -2.23. The van der Waals surface area contributed by atoms with Crippen molar-refractivity contribution in [3.63, 3.8) is 0 Å². The number of hydrogen-bond donors (Lipinski definition) is 2. The van der Waals surface area contributed by atoms with Crippen LogP contribution in [0.1, 0.15) is 43.5 Å². The molecule has 2 rings (SSSR count). The zero-order chi connectivity index (χ0) is 11.4. The van der Waals surface area contributed by atoms with Crippen LogP contribution in [0.2, 0.25) is 0 Å². The lowest BCUT2D eigenvalue weighted by molar-refractivity contribution is 0.0117. The Labute approximate surface area is 96.8 Å². The van der Waals surface area contributed by atoms with E-state index >= 15 is 0 Å². The number of hydrogen-bond acceptors (Lipinski definition) is 3. The summed E-state index contributed by atoms with van der Waals surface area (Å²) in [4.78, 5) is 0. The molecule has 2 heterocycles. The summed E-state index contributed by atoms with van der Waals surface area (Å²) in [7, 11) is 1.99. The van der Waals surface area contributed by atoms with Gasteiger partial charge in [-0.2, -0.15) is 5.10 Å². The molecule has 1 saturated heterocycles. The number of nitrogens with one attached hydrogen (secondary N) is 2. The van der Waals surface area contributed by atoms with Crippen LogP contribution in [0.3, 0.4) is 0 Å². The van der Waals surface area contributed by atoms with Gasteiger partial charge in [0.15, 0.2) is 0 Å². The van der Waals surface area contributed by atoms with Gasteiger partial charge >= 0.3 is 0 Å². The number of H-pyrrole nitrogens is 1. The summed E-state index contributed by atoms with van der Waals surface area (Å²) < 4.78 is 5.79. The van der Waals surface area contributed by atoms with Crippen molar-refractivity contribution in [3.8, 4) is 0 Å². The van der Waals surface area contributed by atoms with Gasteiger partial charge in [-0.1, -0.05) is 0 Å². The highest BCUT2D eigenvalue weighted by atomic mass is 16.5. The third kappa shape index (κ3) is 2.62. The van der Waals surface area contributed by atoms with E-state index in [1.165, 1.54) is 24.1 Å². The molecule has 0 saturated carbocycles. The molecule has 16 heavy (non-hydrogen) atoms. The summed E-state index contributed by atoms with van der Waals surface area (Å²) in [6.07, 6.45) is 6.72. The van der Waals surface area contributed by atoms with Crippen LogP contribution in [0.25, 0.3) is 0 Å². The summed E-state index contributed by atoms with van der Waals surface area (Å²) in [5, 5.41) is 10.5. The average molecular weight is 223 g/mol. The standard InChI is InChI=1S/C12H21N3O/c1-9(13-2)7-10-8-14-15-12(10)11-5-3-4-6-16-11/h8-9,11,13H,3-7H2,1-2H3,(H,14,15). The molecule has 0 aliphatic carbocycles. The molecule has 0 aromatic carbocycles. The minimum Gasteiger partial charge on any atom is -0.372 e. The molecule has 1 fully saturated rings. The van der Waals surface area contributed by atoms with Crippen LogP contribution in [0.4, 0.5) is 0 Å². The molecule has 0 bridgehead atoms. The molecule has 90 valence electrons. The Hall–Kier alpha value is -0.870. The Morgan fingerprint density at radius 1 is 1.62 bits per heavy atom. The Bertz CT molecular complexity index is 318. The Morgan fingerprint density at radius 2 is 2.50 bits per heavy atom. The van der Waals surface area contributed by atoms with Crippen LogP contribution in [0.5, 0.6) is 0 Å². The summed E-state index contributed by atoms with van der Waals surface area (Å²) in [6.45, 7) is 3.06. The second-order valence-corrected chi connectivity index (χ2v) is 4.56. The van der Waals surface area contributed by atoms with Crippen molar-refractivity contribution in [1.29, 1.82) is 0 Å². The fraction of sp³-hybridized carbons (Fsp3) is 0.750. The van der Waals surface area contributed by atoms with Gasteiger partial charge in [0.2, 0.25) is 0 Å². The van der Waals surface area contributed by atoms with Gasteiger partial charge < -0.3 is 10.1 Å². The van der Waals surface area contributed by atoms with E-state index in [1.54, 1.807) is 0 Å². The zero-order valence-corrected chi connectivity index (χ0v) is 10.1. The molecule has 0 radical (unpaired) electrons. The molecular formula is C12H21N3O. The molecule has 1 aromatic rings. The lowest BCUT2D eigenvalue weighted by atomic mass is 10.0. The van der Waals surface area contributed by atoms with Crippen LogP contribution in [0.15, 0.2) is 6.20 Å². The van der Waals surface area contributed by atoms with Crippen molar-refractivity contribution in [2.75, 3.05) is 13.7 Å². The van der Waals surface area contributed by atoms with Crippen molar-refractivity contribution < 1.29 is 4.74 Å². The molecule has 1 aliphatic rings. The molecule has 1 aromatic heterocycles. The number of nitrogens with zero attached hydrogens (tertiary/aromatic N) is 1. The second-order valence-electron chi connectivity index (χ2n) is 4.56. The highest BCUT2D eigenvalue weighted by Gasteiger charge is 2.21. The quantitative estimate of drug-likeness (QED) is 0.818. The first-order valence-corrected chi connectivity index (χ1v) is 6.12. The van der Waals surface area contributed by atoms with E-state index < -0.39 is 0 Å². The third-order valence-corrected chi connectivity index (χ3v) is 3.27. The van der Waals surface area contributed by atoms with Crippen LogP contribution in [0, 0.1) is 0 Å². The van der Waals surface area contributed by atoms with Crippen LogP contribution in [-0.2, 0) is 11.2 Å². The number of aromatic amines is 1. The van der Waals surface area contributed by atoms with Gasteiger partial charge in [0.1, 0.15) is 0 Å². The fourth-order valence-electron chi connectivity index (χ4n) is 2.16. The number of rotatable bonds is 4. The zero-order valence-electron chi connectivity index (χ0n) is 10.1. The molecule has 0 amide bonds. The number of ether oxygens (including phenoxy) is 1. The normalized spacial score (nSPS) is 23.2. The predicted octanol–water partition coefficient (Wildman–Crippen LogP) is 1.80. The fourth-order valence-corrected chi connectivity index (χ4v) is 2.16. The highest BCUT2D eigenvalue weighted by Crippen LogP contribution is 2.28. The first-order chi connectivity index (χ1) is 7.81. The van der Waals surface area contributed by atoms with E-state index in [0.29, 0.717) is 6.04 Å². The highest BCUT2D eigenvalue weighted by molar-refractivity contribution is 5.20. The van der Waals surface area contributed by atoms with Gasteiger partial charge in [-0.25, -0.2) is 0 Å². The van der Waals surface area contributed by atoms with E-state index in [4.69, 9.17) is 4.74 Å². The smallest absolute Gasteiger partial charge is 0.0991 e. The summed E-state index contributed by atoms with van der Waals surface area (Å²) in [5.41, 5.74) is 2.47. The number of aromatic nitrogens is 2. The van der Waals surface area contributed by atoms with Gasteiger partial charge in [-0.05, 0) is 45.2 Å². The second kappa shape index (κ2) is 5.46. The van der Waals surface area contributed by atoms with Crippen molar-refractivity contribution in [3.05, 3.63) is 17.5 Å². The molecule has 4 nitrogen and oxygen atoms in total.